The first-order valence-electron chi connectivity index (χ1n) is 9.41. The van der Waals surface area contributed by atoms with Crippen LogP contribution in [0.15, 0.2) is 79.1 Å². The van der Waals surface area contributed by atoms with Gasteiger partial charge in [-0.15, -0.1) is 0 Å². The van der Waals surface area contributed by atoms with E-state index in [4.69, 9.17) is 9.47 Å². The molecular formula is C23H21N3O3. The van der Waals surface area contributed by atoms with E-state index in [1.54, 1.807) is 30.3 Å². The largest absolute Gasteiger partial charge is 0.494 e. The maximum absolute atomic E-state index is 12.5. The lowest BCUT2D eigenvalue weighted by molar-refractivity contribution is 0.102. The molecule has 0 aliphatic heterocycles. The number of ether oxygens (including phenoxy) is 2. The zero-order chi connectivity index (χ0) is 20.1. The molecule has 2 aromatic heterocycles. The number of rotatable bonds is 7. The molecule has 6 heteroatoms. The molecule has 0 saturated carbocycles. The minimum atomic E-state index is -0.189. The van der Waals surface area contributed by atoms with Gasteiger partial charge in [-0.05, 0) is 55.5 Å². The number of aromatic nitrogens is 2. The molecule has 0 aliphatic rings. The van der Waals surface area contributed by atoms with Crippen LogP contribution in [0.25, 0.3) is 5.65 Å². The molecule has 6 nitrogen and oxygen atoms in total. The van der Waals surface area contributed by atoms with Gasteiger partial charge in [-0.25, -0.2) is 4.98 Å². The number of pyridine rings is 1. The van der Waals surface area contributed by atoms with Crippen LogP contribution in [-0.4, -0.2) is 21.9 Å². The summed E-state index contributed by atoms with van der Waals surface area (Å²) in [6.07, 6.45) is 3.88. The quantitative estimate of drug-likeness (QED) is 0.505. The van der Waals surface area contributed by atoms with Crippen molar-refractivity contribution in [2.45, 2.75) is 13.5 Å². The Balaban J connectivity index is 1.39. The first-order valence-corrected chi connectivity index (χ1v) is 9.41. The minimum absolute atomic E-state index is 0.189. The van der Waals surface area contributed by atoms with Gasteiger partial charge < -0.3 is 19.2 Å². The van der Waals surface area contributed by atoms with Crippen molar-refractivity contribution in [3.8, 4) is 11.5 Å². The van der Waals surface area contributed by atoms with Crippen molar-refractivity contribution in [1.82, 2.24) is 9.38 Å². The first-order chi connectivity index (χ1) is 14.2. The number of carbonyl (C=O) groups is 1. The lowest BCUT2D eigenvalue weighted by Gasteiger charge is -2.09. The van der Waals surface area contributed by atoms with E-state index in [2.05, 4.69) is 10.3 Å². The molecule has 0 aliphatic carbocycles. The number of amides is 1. The number of hydrogen-bond acceptors (Lipinski definition) is 4. The SMILES string of the molecule is CCOc1ccc(C(=O)Nc2cccc(OCc3cn4ccccc4n3)c2)cc1. The third kappa shape index (κ3) is 4.55. The van der Waals surface area contributed by atoms with E-state index in [-0.39, 0.29) is 5.91 Å². The Hall–Kier alpha value is -3.80. The topological polar surface area (TPSA) is 64.9 Å². The second-order valence-electron chi connectivity index (χ2n) is 6.43. The van der Waals surface area contributed by atoms with E-state index in [0.717, 1.165) is 17.1 Å². The summed E-state index contributed by atoms with van der Waals surface area (Å²) in [5.41, 5.74) is 2.93. The number of nitrogens with one attached hydrogen (secondary N) is 1. The summed E-state index contributed by atoms with van der Waals surface area (Å²) in [6, 6.07) is 20.2. The van der Waals surface area contributed by atoms with E-state index in [1.807, 2.05) is 60.1 Å². The fraction of sp³-hybridized carbons (Fsp3) is 0.130. The maximum atomic E-state index is 12.5. The summed E-state index contributed by atoms with van der Waals surface area (Å²) in [4.78, 5) is 17.0. The summed E-state index contributed by atoms with van der Waals surface area (Å²) >= 11 is 0. The van der Waals surface area contributed by atoms with Crippen LogP contribution in [-0.2, 0) is 6.61 Å². The molecule has 1 amide bonds. The standard InChI is InChI=1S/C23H21N3O3/c1-2-28-20-11-9-17(10-12-20)23(27)25-18-6-5-7-21(14-18)29-16-19-15-26-13-4-3-8-22(26)24-19/h3-15H,2,16H2,1H3,(H,25,27). The first kappa shape index (κ1) is 18.6. The smallest absolute Gasteiger partial charge is 0.255 e. The molecule has 4 rings (SSSR count). The summed E-state index contributed by atoms with van der Waals surface area (Å²) < 4.78 is 13.2. The van der Waals surface area contributed by atoms with Crippen LogP contribution in [0.4, 0.5) is 5.69 Å². The van der Waals surface area contributed by atoms with Crippen LogP contribution in [0.5, 0.6) is 11.5 Å². The molecule has 0 atom stereocenters. The third-order valence-electron chi connectivity index (χ3n) is 4.32. The van der Waals surface area contributed by atoms with Crippen molar-refractivity contribution in [3.05, 3.63) is 90.4 Å². The predicted molar refractivity (Wildman–Crippen MR) is 112 cm³/mol. The summed E-state index contributed by atoms with van der Waals surface area (Å²) in [6.45, 7) is 2.86. The van der Waals surface area contributed by atoms with Gasteiger partial charge >= 0.3 is 0 Å². The monoisotopic (exact) mass is 387 g/mol. The number of benzene rings is 2. The van der Waals surface area contributed by atoms with E-state index < -0.39 is 0 Å². The molecule has 146 valence electrons. The van der Waals surface area contributed by atoms with Crippen LogP contribution < -0.4 is 14.8 Å². The number of carbonyl (C=O) groups excluding carboxylic acids is 1. The Morgan fingerprint density at radius 1 is 1.00 bits per heavy atom. The zero-order valence-electron chi connectivity index (χ0n) is 16.0. The van der Waals surface area contributed by atoms with Gasteiger partial charge in [0.05, 0.1) is 12.3 Å². The van der Waals surface area contributed by atoms with Crippen LogP contribution in [0.3, 0.4) is 0 Å². The van der Waals surface area contributed by atoms with E-state index in [9.17, 15) is 4.79 Å². The van der Waals surface area contributed by atoms with Crippen LogP contribution in [0.2, 0.25) is 0 Å². The van der Waals surface area contributed by atoms with Crippen molar-refractivity contribution in [1.29, 1.82) is 0 Å². The van der Waals surface area contributed by atoms with Crippen LogP contribution >= 0.6 is 0 Å². The Labute approximate surface area is 168 Å². The molecule has 29 heavy (non-hydrogen) atoms. The third-order valence-corrected chi connectivity index (χ3v) is 4.32. The molecular weight excluding hydrogens is 366 g/mol. The molecule has 0 unspecified atom stereocenters. The zero-order valence-corrected chi connectivity index (χ0v) is 16.0. The molecule has 4 aromatic rings. The van der Waals surface area contributed by atoms with E-state index >= 15 is 0 Å². The second kappa shape index (κ2) is 8.48. The van der Waals surface area contributed by atoms with Crippen molar-refractivity contribution in [3.63, 3.8) is 0 Å². The van der Waals surface area contributed by atoms with E-state index in [0.29, 0.717) is 30.2 Å². The molecule has 0 fully saturated rings. The molecule has 0 radical (unpaired) electrons. The molecule has 2 aromatic carbocycles. The van der Waals surface area contributed by atoms with Crippen molar-refractivity contribution in [2.75, 3.05) is 11.9 Å². The number of imidazole rings is 1. The molecule has 0 spiro atoms. The van der Waals surface area contributed by atoms with Crippen molar-refractivity contribution < 1.29 is 14.3 Å². The Morgan fingerprint density at radius 3 is 2.66 bits per heavy atom. The fourth-order valence-electron chi connectivity index (χ4n) is 2.95. The number of hydrogen-bond donors (Lipinski definition) is 1. The fourth-order valence-corrected chi connectivity index (χ4v) is 2.95. The number of anilines is 1. The highest BCUT2D eigenvalue weighted by molar-refractivity contribution is 6.04. The average Bonchev–Trinajstić information content (AvgIpc) is 3.16. The Bertz CT molecular complexity index is 1090. The van der Waals surface area contributed by atoms with Crippen molar-refractivity contribution >= 4 is 17.2 Å². The van der Waals surface area contributed by atoms with Gasteiger partial charge in [0.15, 0.2) is 0 Å². The minimum Gasteiger partial charge on any atom is -0.494 e. The van der Waals surface area contributed by atoms with Crippen LogP contribution in [0, 0.1) is 0 Å². The highest BCUT2D eigenvalue weighted by Gasteiger charge is 2.08. The maximum Gasteiger partial charge on any atom is 0.255 e. The molecule has 1 N–H and O–H groups in total. The summed E-state index contributed by atoms with van der Waals surface area (Å²) in [5.74, 6) is 1.21. The van der Waals surface area contributed by atoms with Gasteiger partial charge in [0.25, 0.3) is 5.91 Å². The van der Waals surface area contributed by atoms with Gasteiger partial charge in [0.2, 0.25) is 0 Å². The Morgan fingerprint density at radius 2 is 1.86 bits per heavy atom. The molecule has 0 bridgehead atoms. The lowest BCUT2D eigenvalue weighted by Crippen LogP contribution is -2.11. The van der Waals surface area contributed by atoms with Gasteiger partial charge in [0.1, 0.15) is 23.8 Å². The molecule has 0 saturated heterocycles. The number of nitrogens with zero attached hydrogens (tertiary/aromatic N) is 2. The second-order valence-corrected chi connectivity index (χ2v) is 6.43. The van der Waals surface area contributed by atoms with Gasteiger partial charge in [0, 0.05) is 29.7 Å². The highest BCUT2D eigenvalue weighted by Crippen LogP contribution is 2.20. The highest BCUT2D eigenvalue weighted by atomic mass is 16.5. The normalized spacial score (nSPS) is 10.7. The van der Waals surface area contributed by atoms with Gasteiger partial charge in [-0.1, -0.05) is 12.1 Å². The van der Waals surface area contributed by atoms with Crippen LogP contribution in [0.1, 0.15) is 23.0 Å². The summed E-state index contributed by atoms with van der Waals surface area (Å²) in [5, 5.41) is 2.89. The number of fused-ring (bicyclic) bond motifs is 1. The van der Waals surface area contributed by atoms with Gasteiger partial charge in [-0.2, -0.15) is 0 Å². The lowest BCUT2D eigenvalue weighted by atomic mass is 10.2. The Kier molecular flexibility index (Phi) is 5.42. The van der Waals surface area contributed by atoms with E-state index in [1.165, 1.54) is 0 Å². The average molecular weight is 387 g/mol. The van der Waals surface area contributed by atoms with Gasteiger partial charge in [-0.3, -0.25) is 4.79 Å². The predicted octanol–water partition coefficient (Wildman–Crippen LogP) is 4.56. The van der Waals surface area contributed by atoms with Crippen molar-refractivity contribution in [2.24, 2.45) is 0 Å². The summed E-state index contributed by atoms with van der Waals surface area (Å²) in [7, 11) is 0. The molecule has 2 heterocycles.